The van der Waals surface area contributed by atoms with Gasteiger partial charge in [0.25, 0.3) is 0 Å². The maximum absolute atomic E-state index is 15.4. The van der Waals surface area contributed by atoms with E-state index in [2.05, 4.69) is 9.97 Å². The molecule has 0 radical (unpaired) electrons. The predicted octanol–water partition coefficient (Wildman–Crippen LogP) is 4.92. The summed E-state index contributed by atoms with van der Waals surface area (Å²) in [5.41, 5.74) is 1.70. The van der Waals surface area contributed by atoms with E-state index in [4.69, 9.17) is 4.42 Å². The van der Waals surface area contributed by atoms with Crippen LogP contribution in [0, 0.1) is 17.5 Å². The predicted molar refractivity (Wildman–Crippen MR) is 147 cm³/mol. The van der Waals surface area contributed by atoms with Gasteiger partial charge in [-0.25, -0.2) is 31.6 Å². The molecule has 0 aliphatic carbocycles. The first kappa shape index (κ1) is 27.7. The summed E-state index contributed by atoms with van der Waals surface area (Å²) < 4.78 is 77.2. The molecule has 2 fully saturated rings. The first-order valence-electron chi connectivity index (χ1n) is 13.7. The molecule has 2 aromatic heterocycles. The van der Waals surface area contributed by atoms with E-state index in [0.29, 0.717) is 44.1 Å². The second-order valence-electron chi connectivity index (χ2n) is 10.6. The molecule has 12 heteroatoms. The van der Waals surface area contributed by atoms with Crippen molar-refractivity contribution in [1.82, 2.24) is 19.2 Å². The van der Waals surface area contributed by atoms with E-state index in [1.807, 2.05) is 34.1 Å². The quantitative estimate of drug-likeness (QED) is 0.318. The molecule has 2 saturated heterocycles. The normalized spacial score (nSPS) is 19.5. The smallest absolute Gasteiger partial charge is 0.244 e. The molecule has 4 aromatic rings. The van der Waals surface area contributed by atoms with Gasteiger partial charge in [-0.1, -0.05) is 12.1 Å². The van der Waals surface area contributed by atoms with Gasteiger partial charge in [-0.05, 0) is 62.2 Å². The van der Waals surface area contributed by atoms with Crippen molar-refractivity contribution < 1.29 is 26.0 Å². The number of halogens is 3. The third-order valence-corrected chi connectivity index (χ3v) is 9.63. The first-order valence-corrected chi connectivity index (χ1v) is 15.1. The molecule has 0 saturated carbocycles. The highest BCUT2D eigenvalue weighted by Gasteiger charge is 2.31. The first-order chi connectivity index (χ1) is 19.8. The molecular weight excluding hydrogens is 555 g/mol. The number of rotatable bonds is 6. The average molecular weight is 586 g/mol. The molecule has 4 heterocycles. The molecule has 0 amide bonds. The van der Waals surface area contributed by atoms with E-state index < -0.39 is 27.5 Å². The maximum atomic E-state index is 15.4. The minimum atomic E-state index is -4.01. The fraction of sp³-hybridized carbons (Fsp3) is 0.379. The Bertz CT molecular complexity index is 1630. The molecule has 1 unspecified atom stereocenters. The maximum Gasteiger partial charge on any atom is 0.244 e. The van der Waals surface area contributed by atoms with Gasteiger partial charge in [0.05, 0.1) is 5.92 Å². The van der Waals surface area contributed by atoms with Crippen molar-refractivity contribution in [3.8, 4) is 0 Å². The number of nitrogens with zero attached hydrogens (tertiary/aromatic N) is 5. The number of sulfonamides is 1. The number of pyridine rings is 1. The number of aromatic nitrogens is 2. The summed E-state index contributed by atoms with van der Waals surface area (Å²) >= 11 is 0. The molecule has 1 atom stereocenters. The van der Waals surface area contributed by atoms with Gasteiger partial charge < -0.3 is 9.32 Å². The number of oxazole rings is 1. The number of hydrogen-bond donors (Lipinski definition) is 0. The van der Waals surface area contributed by atoms with Crippen LogP contribution in [-0.4, -0.2) is 66.9 Å². The zero-order valence-electron chi connectivity index (χ0n) is 22.3. The average Bonchev–Trinajstić information content (AvgIpc) is 3.27. The lowest BCUT2D eigenvalue weighted by atomic mass is 9.98. The number of anilines is 1. The van der Waals surface area contributed by atoms with Crippen LogP contribution in [0.4, 0.5) is 19.0 Å². The van der Waals surface area contributed by atoms with E-state index in [0.717, 1.165) is 42.6 Å². The highest BCUT2D eigenvalue weighted by Crippen LogP contribution is 2.32. The van der Waals surface area contributed by atoms with Gasteiger partial charge in [-0.2, -0.15) is 4.31 Å². The molecule has 2 aromatic carbocycles. The minimum absolute atomic E-state index is 0.0401. The molecule has 2 aliphatic rings. The summed E-state index contributed by atoms with van der Waals surface area (Å²) in [6, 6.07) is 11.9. The summed E-state index contributed by atoms with van der Waals surface area (Å²) in [4.78, 5) is 12.3. The Balaban J connectivity index is 1.14. The van der Waals surface area contributed by atoms with E-state index in [1.165, 1.54) is 10.5 Å². The molecule has 0 spiro atoms. The van der Waals surface area contributed by atoms with E-state index >= 15 is 4.39 Å². The van der Waals surface area contributed by atoms with Gasteiger partial charge in [0, 0.05) is 51.0 Å². The van der Waals surface area contributed by atoms with Crippen molar-refractivity contribution in [1.29, 1.82) is 0 Å². The van der Waals surface area contributed by atoms with E-state index in [1.54, 1.807) is 0 Å². The zero-order valence-corrected chi connectivity index (χ0v) is 23.2. The molecule has 6 rings (SSSR count). The Morgan fingerprint density at radius 2 is 1.78 bits per heavy atom. The number of benzene rings is 2. The van der Waals surface area contributed by atoms with Gasteiger partial charge in [0.1, 0.15) is 22.0 Å². The Kier molecular flexibility index (Phi) is 7.71. The molecular formula is C29H30F3N5O3S. The van der Waals surface area contributed by atoms with Crippen molar-refractivity contribution in [2.24, 2.45) is 0 Å². The molecule has 0 N–H and O–H groups in total. The summed E-state index contributed by atoms with van der Waals surface area (Å²) in [7, 11) is -4.01. The lowest BCUT2D eigenvalue weighted by molar-refractivity contribution is 0.274. The molecule has 41 heavy (non-hydrogen) atoms. The molecule has 8 nitrogen and oxygen atoms in total. The minimum Gasteiger partial charge on any atom is -0.440 e. The lowest BCUT2D eigenvalue weighted by Crippen LogP contribution is -2.36. The third-order valence-electron chi connectivity index (χ3n) is 7.76. The van der Waals surface area contributed by atoms with Gasteiger partial charge in [-0.3, -0.25) is 4.90 Å². The Hall–Kier alpha value is -3.48. The van der Waals surface area contributed by atoms with Crippen LogP contribution in [-0.2, 0) is 16.6 Å². The summed E-state index contributed by atoms with van der Waals surface area (Å²) in [5, 5.41) is 0. The second-order valence-corrected chi connectivity index (χ2v) is 12.5. The molecule has 2 aliphatic heterocycles. The SMILES string of the molecule is O=S(=O)(c1cnc(N2CCCC(c3nc4ccccc4o3)C2)c(F)c1)N1CCCN(Cc2cc(F)ccc2F)CC1. The Morgan fingerprint density at radius 1 is 0.927 bits per heavy atom. The number of piperidine rings is 1. The van der Waals surface area contributed by atoms with Crippen LogP contribution in [0.2, 0.25) is 0 Å². The van der Waals surface area contributed by atoms with Gasteiger partial charge >= 0.3 is 0 Å². The van der Waals surface area contributed by atoms with Crippen molar-refractivity contribution in [3.63, 3.8) is 0 Å². The van der Waals surface area contributed by atoms with Gasteiger partial charge in [0.2, 0.25) is 10.0 Å². The van der Waals surface area contributed by atoms with Crippen LogP contribution >= 0.6 is 0 Å². The van der Waals surface area contributed by atoms with Crippen LogP contribution in [0.15, 0.2) is 64.0 Å². The fourth-order valence-electron chi connectivity index (χ4n) is 5.62. The van der Waals surface area contributed by atoms with Crippen molar-refractivity contribution in [3.05, 3.63) is 83.6 Å². The standard InChI is InChI=1S/C29H30F3N5O3S/c30-22-8-9-24(31)21(15-22)18-35-10-4-12-37(14-13-35)41(38,39)23-16-25(32)28(33-17-23)36-11-3-5-20(19-36)29-34-26-6-1-2-7-27(26)40-29/h1-2,6-9,15-17,20H,3-5,10-14,18-19H2. The topological polar surface area (TPSA) is 82.8 Å². The third kappa shape index (κ3) is 5.81. The van der Waals surface area contributed by atoms with Crippen LogP contribution in [0.3, 0.4) is 0 Å². The lowest BCUT2D eigenvalue weighted by Gasteiger charge is -2.32. The van der Waals surface area contributed by atoms with Crippen molar-refractivity contribution in [2.75, 3.05) is 44.2 Å². The zero-order chi connectivity index (χ0) is 28.6. The number of para-hydroxylation sites is 2. The molecule has 216 valence electrons. The van der Waals surface area contributed by atoms with Crippen molar-refractivity contribution >= 4 is 26.9 Å². The highest BCUT2D eigenvalue weighted by molar-refractivity contribution is 7.89. The largest absolute Gasteiger partial charge is 0.440 e. The number of hydrogen-bond acceptors (Lipinski definition) is 7. The van der Waals surface area contributed by atoms with E-state index in [9.17, 15) is 17.2 Å². The summed E-state index contributed by atoms with van der Waals surface area (Å²) in [6.07, 6.45) is 3.33. The van der Waals surface area contributed by atoms with Crippen molar-refractivity contribution in [2.45, 2.75) is 36.6 Å². The Morgan fingerprint density at radius 3 is 2.61 bits per heavy atom. The van der Waals surface area contributed by atoms with Gasteiger partial charge in [0.15, 0.2) is 23.1 Å². The summed E-state index contributed by atoms with van der Waals surface area (Å²) in [5.74, 6) is -1.07. The second kappa shape index (κ2) is 11.4. The van der Waals surface area contributed by atoms with Crippen LogP contribution < -0.4 is 4.90 Å². The van der Waals surface area contributed by atoms with Gasteiger partial charge in [-0.15, -0.1) is 0 Å². The molecule has 0 bridgehead atoms. The monoisotopic (exact) mass is 585 g/mol. The highest BCUT2D eigenvalue weighted by atomic mass is 32.2. The van der Waals surface area contributed by atoms with E-state index in [-0.39, 0.29) is 41.8 Å². The Labute approximate surface area is 236 Å². The van der Waals surface area contributed by atoms with Crippen LogP contribution in [0.5, 0.6) is 0 Å². The van der Waals surface area contributed by atoms with Crippen LogP contribution in [0.1, 0.15) is 36.6 Å². The fourth-order valence-corrected chi connectivity index (χ4v) is 7.05. The summed E-state index contributed by atoms with van der Waals surface area (Å²) in [6.45, 7) is 2.42. The number of fused-ring (bicyclic) bond motifs is 1. The van der Waals surface area contributed by atoms with Crippen LogP contribution in [0.25, 0.3) is 11.1 Å².